The molecule has 1 aromatic carbocycles. The molecule has 0 aliphatic rings. The molecule has 0 bridgehead atoms. The van der Waals surface area contributed by atoms with Crippen LogP contribution in [0.4, 0.5) is 5.95 Å². The van der Waals surface area contributed by atoms with E-state index in [0.717, 1.165) is 11.3 Å². The normalized spacial score (nSPS) is 10.5. The highest BCUT2D eigenvalue weighted by atomic mass is 79.9. The standard InChI is InChI=1S/C10H10BrN5O/c1-5-4-6(2-3-7(5)8(12)17)16-9(11)14-10(13)15-16/h2-4H,1H3,(H2,12,17)(H2,13,15). The molecule has 0 atom stereocenters. The highest BCUT2D eigenvalue weighted by Gasteiger charge is 2.10. The molecule has 0 saturated heterocycles. The zero-order chi connectivity index (χ0) is 12.6. The Morgan fingerprint density at radius 1 is 1.47 bits per heavy atom. The highest BCUT2D eigenvalue weighted by molar-refractivity contribution is 9.10. The molecule has 7 heteroatoms. The van der Waals surface area contributed by atoms with Gasteiger partial charge in [0.1, 0.15) is 0 Å². The second-order valence-corrected chi connectivity index (χ2v) is 4.22. The third kappa shape index (κ3) is 2.14. The van der Waals surface area contributed by atoms with Crippen LogP contribution in [0.15, 0.2) is 22.9 Å². The van der Waals surface area contributed by atoms with Crippen LogP contribution in [0.2, 0.25) is 0 Å². The molecule has 0 spiro atoms. The van der Waals surface area contributed by atoms with Crippen LogP contribution in [0.25, 0.3) is 5.69 Å². The third-order valence-electron chi connectivity index (χ3n) is 2.30. The van der Waals surface area contributed by atoms with Gasteiger partial charge >= 0.3 is 0 Å². The molecule has 0 unspecified atom stereocenters. The maximum Gasteiger partial charge on any atom is 0.248 e. The number of amides is 1. The number of carbonyl (C=O) groups excluding carboxylic acids is 1. The minimum absolute atomic E-state index is 0.175. The Balaban J connectivity index is 2.51. The molecule has 2 rings (SSSR count). The fraction of sp³-hybridized carbons (Fsp3) is 0.100. The average molecular weight is 296 g/mol. The van der Waals surface area contributed by atoms with E-state index in [9.17, 15) is 4.79 Å². The summed E-state index contributed by atoms with van der Waals surface area (Å²) in [6, 6.07) is 5.17. The number of primary amides is 1. The van der Waals surface area contributed by atoms with Gasteiger partial charge in [-0.2, -0.15) is 4.98 Å². The van der Waals surface area contributed by atoms with E-state index in [1.54, 1.807) is 25.1 Å². The van der Waals surface area contributed by atoms with Gasteiger partial charge in [0, 0.05) is 5.56 Å². The number of hydrogen-bond acceptors (Lipinski definition) is 4. The zero-order valence-corrected chi connectivity index (χ0v) is 10.6. The molecule has 88 valence electrons. The van der Waals surface area contributed by atoms with Crippen LogP contribution in [-0.2, 0) is 0 Å². The first-order valence-corrected chi connectivity index (χ1v) is 5.57. The van der Waals surface area contributed by atoms with Gasteiger partial charge in [-0.3, -0.25) is 4.79 Å². The molecule has 1 aromatic heterocycles. The largest absolute Gasteiger partial charge is 0.366 e. The number of aromatic nitrogens is 3. The summed E-state index contributed by atoms with van der Waals surface area (Å²) in [5, 5.41) is 4.02. The number of nitrogens with zero attached hydrogens (tertiary/aromatic N) is 3. The van der Waals surface area contributed by atoms with Crippen molar-refractivity contribution < 1.29 is 4.79 Å². The Morgan fingerprint density at radius 2 is 2.18 bits per heavy atom. The summed E-state index contributed by atoms with van der Waals surface area (Å²) in [4.78, 5) is 15.0. The van der Waals surface area contributed by atoms with Gasteiger partial charge < -0.3 is 11.5 Å². The zero-order valence-electron chi connectivity index (χ0n) is 9.01. The van der Waals surface area contributed by atoms with E-state index in [-0.39, 0.29) is 5.95 Å². The Kier molecular flexibility index (Phi) is 2.84. The summed E-state index contributed by atoms with van der Waals surface area (Å²) in [5.74, 6) is -0.278. The van der Waals surface area contributed by atoms with Gasteiger partial charge in [-0.1, -0.05) is 0 Å². The molecule has 2 aromatic rings. The molecule has 0 radical (unpaired) electrons. The van der Waals surface area contributed by atoms with E-state index in [1.165, 1.54) is 4.68 Å². The first kappa shape index (κ1) is 11.6. The molecule has 1 amide bonds. The van der Waals surface area contributed by atoms with E-state index in [2.05, 4.69) is 26.0 Å². The Hall–Kier alpha value is -1.89. The lowest BCUT2D eigenvalue weighted by atomic mass is 10.1. The number of aryl methyl sites for hydroxylation is 1. The topological polar surface area (TPSA) is 99.8 Å². The maximum atomic E-state index is 11.1. The first-order chi connectivity index (χ1) is 7.99. The van der Waals surface area contributed by atoms with Gasteiger partial charge in [0.2, 0.25) is 16.6 Å². The van der Waals surface area contributed by atoms with Crippen LogP contribution in [0.3, 0.4) is 0 Å². The summed E-state index contributed by atoms with van der Waals surface area (Å²) < 4.78 is 2.04. The van der Waals surface area contributed by atoms with Gasteiger partial charge in [0.25, 0.3) is 0 Å². The van der Waals surface area contributed by atoms with Crippen molar-refractivity contribution in [2.45, 2.75) is 6.92 Å². The second-order valence-electron chi connectivity index (χ2n) is 3.51. The van der Waals surface area contributed by atoms with E-state index >= 15 is 0 Å². The van der Waals surface area contributed by atoms with Crippen LogP contribution in [0, 0.1) is 6.92 Å². The summed E-state index contributed by atoms with van der Waals surface area (Å²) in [5.41, 5.74) is 12.7. The average Bonchev–Trinajstić information content (AvgIpc) is 2.57. The van der Waals surface area contributed by atoms with E-state index in [0.29, 0.717) is 10.3 Å². The molecular formula is C10H10BrN5O. The molecular weight excluding hydrogens is 286 g/mol. The molecule has 0 saturated carbocycles. The van der Waals surface area contributed by atoms with Crippen molar-refractivity contribution in [2.24, 2.45) is 5.73 Å². The number of nitrogens with two attached hydrogens (primary N) is 2. The van der Waals surface area contributed by atoms with E-state index in [1.807, 2.05) is 0 Å². The molecule has 17 heavy (non-hydrogen) atoms. The van der Waals surface area contributed by atoms with Gasteiger partial charge in [0.15, 0.2) is 0 Å². The van der Waals surface area contributed by atoms with Crippen molar-refractivity contribution in [3.05, 3.63) is 34.1 Å². The SMILES string of the molecule is Cc1cc(-n2nc(N)nc2Br)ccc1C(N)=O. The number of rotatable bonds is 2. The minimum atomic E-state index is -0.453. The van der Waals surface area contributed by atoms with Crippen molar-refractivity contribution in [1.82, 2.24) is 14.8 Å². The van der Waals surface area contributed by atoms with Crippen molar-refractivity contribution >= 4 is 27.8 Å². The molecule has 0 fully saturated rings. The van der Waals surface area contributed by atoms with Crippen LogP contribution in [-0.4, -0.2) is 20.7 Å². The van der Waals surface area contributed by atoms with E-state index in [4.69, 9.17) is 11.5 Å². The molecule has 1 heterocycles. The molecule has 0 aliphatic carbocycles. The summed E-state index contributed by atoms with van der Waals surface area (Å²) in [7, 11) is 0. The number of anilines is 1. The van der Waals surface area contributed by atoms with Crippen LogP contribution >= 0.6 is 15.9 Å². The van der Waals surface area contributed by atoms with E-state index < -0.39 is 5.91 Å². The fourth-order valence-corrected chi connectivity index (χ4v) is 1.99. The van der Waals surface area contributed by atoms with Crippen LogP contribution in [0.5, 0.6) is 0 Å². The van der Waals surface area contributed by atoms with Crippen molar-refractivity contribution in [2.75, 3.05) is 5.73 Å². The van der Waals surface area contributed by atoms with Gasteiger partial charge in [0.05, 0.1) is 5.69 Å². The lowest BCUT2D eigenvalue weighted by Crippen LogP contribution is -2.13. The Morgan fingerprint density at radius 3 is 2.65 bits per heavy atom. The predicted octanol–water partition coefficient (Wildman–Crippen LogP) is 1.02. The van der Waals surface area contributed by atoms with Gasteiger partial charge in [-0.25, -0.2) is 4.68 Å². The molecule has 0 aliphatic heterocycles. The van der Waals surface area contributed by atoms with Crippen molar-refractivity contribution in [3.8, 4) is 5.69 Å². The lowest BCUT2D eigenvalue weighted by molar-refractivity contribution is 0.0999. The van der Waals surface area contributed by atoms with Crippen molar-refractivity contribution in [3.63, 3.8) is 0 Å². The second kappa shape index (κ2) is 4.17. The number of carbonyl (C=O) groups is 1. The lowest BCUT2D eigenvalue weighted by Gasteiger charge is -2.06. The molecule has 6 nitrogen and oxygen atoms in total. The smallest absolute Gasteiger partial charge is 0.248 e. The van der Waals surface area contributed by atoms with Crippen LogP contribution < -0.4 is 11.5 Å². The number of benzene rings is 1. The van der Waals surface area contributed by atoms with Gasteiger partial charge in [-0.15, -0.1) is 5.10 Å². The van der Waals surface area contributed by atoms with Crippen molar-refractivity contribution in [1.29, 1.82) is 0 Å². The number of nitrogen functional groups attached to an aromatic ring is 1. The quantitative estimate of drug-likeness (QED) is 0.864. The summed E-state index contributed by atoms with van der Waals surface area (Å²) in [6.07, 6.45) is 0. The Bertz CT molecular complexity index is 592. The molecule has 4 N–H and O–H groups in total. The summed E-state index contributed by atoms with van der Waals surface area (Å²) >= 11 is 3.24. The minimum Gasteiger partial charge on any atom is -0.366 e. The Labute approximate surface area is 106 Å². The van der Waals surface area contributed by atoms with Gasteiger partial charge in [-0.05, 0) is 46.6 Å². The fourth-order valence-electron chi connectivity index (χ4n) is 1.53. The summed E-state index contributed by atoms with van der Waals surface area (Å²) in [6.45, 7) is 1.80. The number of halogens is 1. The maximum absolute atomic E-state index is 11.1. The number of hydrogen-bond donors (Lipinski definition) is 2. The first-order valence-electron chi connectivity index (χ1n) is 4.78. The highest BCUT2D eigenvalue weighted by Crippen LogP contribution is 2.18. The van der Waals surface area contributed by atoms with Crippen LogP contribution in [0.1, 0.15) is 15.9 Å². The third-order valence-corrected chi connectivity index (χ3v) is 2.82. The monoisotopic (exact) mass is 295 g/mol. The predicted molar refractivity (Wildman–Crippen MR) is 66.7 cm³/mol.